The molecule has 0 aromatic carbocycles. The molecule has 0 amide bonds. The summed E-state index contributed by atoms with van der Waals surface area (Å²) in [6.07, 6.45) is 3.93. The average Bonchev–Trinajstić information content (AvgIpc) is 2.58. The number of aryl methyl sites for hydroxylation is 1. The Balaban J connectivity index is 2.36. The van der Waals surface area contributed by atoms with Crippen molar-refractivity contribution < 1.29 is 4.74 Å². The minimum atomic E-state index is -0.0526. The molecule has 0 radical (unpaired) electrons. The standard InChI is InChI=1S/C13H25N3O/c1-12(2,3)16-10-11(14-15-16)8-7-9-17-13(4,5)6/h10H,7-9H2,1-6H3. The van der Waals surface area contributed by atoms with E-state index in [-0.39, 0.29) is 11.1 Å². The molecule has 1 aromatic heterocycles. The van der Waals surface area contributed by atoms with Gasteiger partial charge in [-0.25, -0.2) is 4.68 Å². The first kappa shape index (κ1) is 14.2. The van der Waals surface area contributed by atoms with Gasteiger partial charge >= 0.3 is 0 Å². The van der Waals surface area contributed by atoms with Crippen LogP contribution in [0.15, 0.2) is 6.20 Å². The number of hydrogen-bond donors (Lipinski definition) is 0. The molecule has 0 fully saturated rings. The predicted molar refractivity (Wildman–Crippen MR) is 69.0 cm³/mol. The van der Waals surface area contributed by atoms with E-state index in [0.717, 1.165) is 25.1 Å². The molecular formula is C13H25N3O. The Kier molecular flexibility index (Phi) is 4.31. The summed E-state index contributed by atoms with van der Waals surface area (Å²) in [5, 5.41) is 8.31. The van der Waals surface area contributed by atoms with Gasteiger partial charge < -0.3 is 4.74 Å². The third-order valence-corrected chi connectivity index (χ3v) is 2.34. The van der Waals surface area contributed by atoms with E-state index in [1.807, 2.05) is 10.9 Å². The lowest BCUT2D eigenvalue weighted by atomic mass is 10.1. The van der Waals surface area contributed by atoms with E-state index in [4.69, 9.17) is 4.74 Å². The van der Waals surface area contributed by atoms with Crippen molar-refractivity contribution >= 4 is 0 Å². The highest BCUT2D eigenvalue weighted by molar-refractivity contribution is 4.94. The second-order valence-corrected chi connectivity index (χ2v) is 6.39. The van der Waals surface area contributed by atoms with Crippen LogP contribution in [0.5, 0.6) is 0 Å². The fourth-order valence-electron chi connectivity index (χ4n) is 1.37. The van der Waals surface area contributed by atoms with Gasteiger partial charge in [0.05, 0.1) is 16.8 Å². The molecule has 1 aromatic rings. The Bertz CT molecular complexity index is 344. The maximum absolute atomic E-state index is 5.67. The van der Waals surface area contributed by atoms with Gasteiger partial charge in [-0.3, -0.25) is 0 Å². The first-order valence-electron chi connectivity index (χ1n) is 6.24. The van der Waals surface area contributed by atoms with E-state index in [1.165, 1.54) is 0 Å². The number of nitrogens with zero attached hydrogens (tertiary/aromatic N) is 3. The van der Waals surface area contributed by atoms with E-state index in [2.05, 4.69) is 51.9 Å². The quantitative estimate of drug-likeness (QED) is 0.758. The first-order valence-corrected chi connectivity index (χ1v) is 6.24. The second-order valence-electron chi connectivity index (χ2n) is 6.39. The summed E-state index contributed by atoms with van der Waals surface area (Å²) in [6, 6.07) is 0. The smallest absolute Gasteiger partial charge is 0.0828 e. The Hall–Kier alpha value is -0.900. The van der Waals surface area contributed by atoms with Gasteiger partial charge in [0.15, 0.2) is 0 Å². The molecule has 0 aliphatic heterocycles. The fraction of sp³-hybridized carbons (Fsp3) is 0.846. The van der Waals surface area contributed by atoms with Crippen molar-refractivity contribution in [2.24, 2.45) is 0 Å². The highest BCUT2D eigenvalue weighted by atomic mass is 16.5. The van der Waals surface area contributed by atoms with Gasteiger partial charge in [0, 0.05) is 12.8 Å². The van der Waals surface area contributed by atoms with Crippen molar-refractivity contribution in [1.29, 1.82) is 0 Å². The maximum atomic E-state index is 5.67. The Morgan fingerprint density at radius 3 is 2.29 bits per heavy atom. The molecule has 0 aliphatic carbocycles. The zero-order valence-corrected chi connectivity index (χ0v) is 11.9. The first-order chi connectivity index (χ1) is 7.68. The molecule has 0 saturated heterocycles. The van der Waals surface area contributed by atoms with Crippen LogP contribution < -0.4 is 0 Å². The van der Waals surface area contributed by atoms with Crippen molar-refractivity contribution in [3.63, 3.8) is 0 Å². The van der Waals surface area contributed by atoms with Gasteiger partial charge in [0.25, 0.3) is 0 Å². The van der Waals surface area contributed by atoms with Crippen LogP contribution >= 0.6 is 0 Å². The summed E-state index contributed by atoms with van der Waals surface area (Å²) < 4.78 is 7.58. The Morgan fingerprint density at radius 1 is 1.18 bits per heavy atom. The SMILES string of the molecule is CC(C)(C)OCCCc1cn(C(C)(C)C)nn1. The Morgan fingerprint density at radius 2 is 1.82 bits per heavy atom. The van der Waals surface area contributed by atoms with Crippen LogP contribution in [0.25, 0.3) is 0 Å². The highest BCUT2D eigenvalue weighted by Gasteiger charge is 2.15. The van der Waals surface area contributed by atoms with Crippen LogP contribution in [0.1, 0.15) is 53.7 Å². The predicted octanol–water partition coefficient (Wildman–Crippen LogP) is 2.78. The molecule has 98 valence electrons. The van der Waals surface area contributed by atoms with Crippen LogP contribution in [0, 0.1) is 0 Å². The zero-order valence-electron chi connectivity index (χ0n) is 11.9. The van der Waals surface area contributed by atoms with Gasteiger partial charge in [-0.05, 0) is 54.4 Å². The number of rotatable bonds is 4. The monoisotopic (exact) mass is 239 g/mol. The average molecular weight is 239 g/mol. The van der Waals surface area contributed by atoms with Crippen molar-refractivity contribution in [1.82, 2.24) is 15.0 Å². The normalized spacial score (nSPS) is 13.1. The van der Waals surface area contributed by atoms with Gasteiger partial charge in [-0.2, -0.15) is 0 Å². The Labute approximate surface area is 104 Å². The molecule has 0 bridgehead atoms. The summed E-state index contributed by atoms with van der Waals surface area (Å²) in [7, 11) is 0. The van der Waals surface area contributed by atoms with Crippen molar-refractivity contribution in [2.75, 3.05) is 6.61 Å². The molecule has 0 aliphatic rings. The lowest BCUT2D eigenvalue weighted by Gasteiger charge is -2.19. The van der Waals surface area contributed by atoms with Crippen molar-refractivity contribution in [2.45, 2.75) is 65.5 Å². The molecule has 0 saturated carbocycles. The molecular weight excluding hydrogens is 214 g/mol. The lowest BCUT2D eigenvalue weighted by Crippen LogP contribution is -2.22. The van der Waals surface area contributed by atoms with Gasteiger partial charge in [0.1, 0.15) is 0 Å². The molecule has 0 spiro atoms. The fourth-order valence-corrected chi connectivity index (χ4v) is 1.37. The van der Waals surface area contributed by atoms with E-state index < -0.39 is 0 Å². The molecule has 1 rings (SSSR count). The summed E-state index contributed by atoms with van der Waals surface area (Å²) in [5.74, 6) is 0. The topological polar surface area (TPSA) is 39.9 Å². The third-order valence-electron chi connectivity index (χ3n) is 2.34. The molecule has 4 nitrogen and oxygen atoms in total. The lowest BCUT2D eigenvalue weighted by molar-refractivity contribution is -0.00392. The summed E-state index contributed by atoms with van der Waals surface area (Å²) in [6.45, 7) is 13.3. The van der Waals surface area contributed by atoms with Crippen LogP contribution in [0.4, 0.5) is 0 Å². The molecule has 4 heteroatoms. The van der Waals surface area contributed by atoms with Crippen LogP contribution in [-0.4, -0.2) is 27.2 Å². The zero-order chi connectivity index (χ0) is 13.1. The van der Waals surface area contributed by atoms with E-state index >= 15 is 0 Å². The summed E-state index contributed by atoms with van der Waals surface area (Å²) in [4.78, 5) is 0. The van der Waals surface area contributed by atoms with Gasteiger partial charge in [-0.1, -0.05) is 5.21 Å². The maximum Gasteiger partial charge on any atom is 0.0828 e. The molecule has 1 heterocycles. The van der Waals surface area contributed by atoms with E-state index in [9.17, 15) is 0 Å². The second kappa shape index (κ2) is 5.17. The van der Waals surface area contributed by atoms with Crippen molar-refractivity contribution in [3.05, 3.63) is 11.9 Å². The van der Waals surface area contributed by atoms with Crippen LogP contribution in [-0.2, 0) is 16.7 Å². The molecule has 17 heavy (non-hydrogen) atoms. The number of ether oxygens (including phenoxy) is 1. The minimum Gasteiger partial charge on any atom is -0.376 e. The summed E-state index contributed by atoms with van der Waals surface area (Å²) >= 11 is 0. The highest BCUT2D eigenvalue weighted by Crippen LogP contribution is 2.13. The number of aromatic nitrogens is 3. The van der Waals surface area contributed by atoms with Gasteiger partial charge in [0.2, 0.25) is 0 Å². The number of hydrogen-bond acceptors (Lipinski definition) is 3. The van der Waals surface area contributed by atoms with E-state index in [0.29, 0.717) is 0 Å². The summed E-state index contributed by atoms with van der Waals surface area (Å²) in [5.41, 5.74) is 0.994. The molecule has 0 unspecified atom stereocenters. The molecule has 0 N–H and O–H groups in total. The molecule has 0 atom stereocenters. The van der Waals surface area contributed by atoms with E-state index in [1.54, 1.807) is 0 Å². The van der Waals surface area contributed by atoms with Gasteiger partial charge in [-0.15, -0.1) is 5.10 Å². The minimum absolute atomic E-state index is 0.00710. The van der Waals surface area contributed by atoms with Crippen molar-refractivity contribution in [3.8, 4) is 0 Å². The largest absolute Gasteiger partial charge is 0.376 e. The van der Waals surface area contributed by atoms with Crippen LogP contribution in [0.2, 0.25) is 0 Å². The third kappa shape index (κ3) is 5.31. The van der Waals surface area contributed by atoms with Crippen LogP contribution in [0.3, 0.4) is 0 Å².